The monoisotopic (exact) mass is 592 g/mol. The summed E-state index contributed by atoms with van der Waals surface area (Å²) in [5.74, 6) is -2.46. The maximum absolute atomic E-state index is 13.5. The molecule has 5 aromatic rings. The molecule has 2 amide bonds. The Hall–Kier alpha value is -5.21. The second-order valence-corrected chi connectivity index (χ2v) is 10.2. The molecule has 0 saturated heterocycles. The van der Waals surface area contributed by atoms with Gasteiger partial charge in [-0.05, 0) is 60.7 Å². The fraction of sp³-hybridized carbons (Fsp3) is 0.0882. The van der Waals surface area contributed by atoms with Crippen molar-refractivity contribution in [2.24, 2.45) is 0 Å². The van der Waals surface area contributed by atoms with Crippen molar-refractivity contribution in [3.05, 3.63) is 131 Å². The maximum atomic E-state index is 13.5. The smallest absolute Gasteiger partial charge is 0.339 e. The van der Waals surface area contributed by atoms with Crippen LogP contribution in [0.1, 0.15) is 47.9 Å². The molecule has 1 aromatic heterocycles. The van der Waals surface area contributed by atoms with E-state index in [2.05, 4.69) is 0 Å². The quantitative estimate of drug-likeness (QED) is 0.0844. The number of carbonyl (C=O) groups is 4. The van der Waals surface area contributed by atoms with Gasteiger partial charge in [0.1, 0.15) is 5.82 Å². The van der Waals surface area contributed by atoms with E-state index in [-0.39, 0.29) is 23.4 Å². The van der Waals surface area contributed by atoms with Crippen LogP contribution in [-0.2, 0) is 4.74 Å². The molecule has 1 atom stereocenters. The van der Waals surface area contributed by atoms with Gasteiger partial charge in [-0.3, -0.25) is 14.4 Å². The van der Waals surface area contributed by atoms with Crippen molar-refractivity contribution >= 4 is 51.8 Å². The number of alkyl halides is 1. The molecular weight excluding hydrogens is 571 g/mol. The summed E-state index contributed by atoms with van der Waals surface area (Å²) in [6, 6.07) is 26.9. The third-order valence-electron chi connectivity index (χ3n) is 7.19. The number of Topliss-reactive ketones (excluding diaryl/α,β-unsaturated/α-hetero) is 1. The lowest BCUT2D eigenvalue weighted by Gasteiger charge is -2.17. The molecule has 0 aliphatic carbocycles. The lowest BCUT2D eigenvalue weighted by molar-refractivity contribution is 0.0280. The molecule has 1 aliphatic rings. The first-order valence-corrected chi connectivity index (χ1v) is 13.9. The number of hydrogen-bond acceptors (Lipinski definition) is 6. The molecule has 1 aliphatic heterocycles. The van der Waals surface area contributed by atoms with Gasteiger partial charge in [0.15, 0.2) is 6.10 Å². The number of esters is 1. The predicted octanol–water partition coefficient (Wildman–Crippen LogP) is 6.88. The number of imide groups is 1. The Labute approximate surface area is 250 Å². The summed E-state index contributed by atoms with van der Waals surface area (Å²) < 4.78 is 19.1. The molecule has 9 heteroatoms. The van der Waals surface area contributed by atoms with Gasteiger partial charge in [0.2, 0.25) is 5.78 Å². The second-order valence-electron chi connectivity index (χ2n) is 9.85. The largest absolute Gasteiger partial charge is 0.450 e. The lowest BCUT2D eigenvalue weighted by Crippen LogP contribution is -2.29. The highest BCUT2D eigenvalue weighted by molar-refractivity contribution is 6.34. The minimum atomic E-state index is -1.18. The molecule has 1 unspecified atom stereocenters. The number of para-hydroxylation sites is 1. The molecule has 7 nitrogen and oxygen atoms in total. The van der Waals surface area contributed by atoms with Gasteiger partial charge in [0.25, 0.3) is 11.8 Å². The summed E-state index contributed by atoms with van der Waals surface area (Å²) in [6.45, 7) is 0. The molecule has 4 aromatic carbocycles. The predicted molar refractivity (Wildman–Crippen MR) is 160 cm³/mol. The van der Waals surface area contributed by atoms with E-state index in [1.54, 1.807) is 78.9 Å². The number of ketones is 1. The van der Waals surface area contributed by atoms with Crippen LogP contribution in [0.25, 0.3) is 22.2 Å². The first-order chi connectivity index (χ1) is 20.9. The molecule has 0 bridgehead atoms. The van der Waals surface area contributed by atoms with Gasteiger partial charge >= 0.3 is 5.97 Å². The first kappa shape index (κ1) is 27.9. The van der Waals surface area contributed by atoms with Crippen LogP contribution in [0, 0.1) is 5.82 Å². The van der Waals surface area contributed by atoms with Crippen LogP contribution in [-0.4, -0.2) is 40.5 Å². The molecule has 0 fully saturated rings. The number of carbonyl (C=O) groups excluding carboxylic acids is 4. The molecule has 0 radical (unpaired) electrons. The minimum absolute atomic E-state index is 0.0622. The number of hydrogen-bond donors (Lipinski definition) is 0. The van der Waals surface area contributed by atoms with Crippen molar-refractivity contribution in [2.45, 2.75) is 12.5 Å². The highest BCUT2D eigenvalue weighted by Gasteiger charge is 2.36. The minimum Gasteiger partial charge on any atom is -0.450 e. The van der Waals surface area contributed by atoms with Crippen LogP contribution >= 0.6 is 11.6 Å². The van der Waals surface area contributed by atoms with E-state index in [1.165, 1.54) is 12.1 Å². The van der Waals surface area contributed by atoms with Crippen LogP contribution in [0.4, 0.5) is 10.1 Å². The number of benzene rings is 4. The van der Waals surface area contributed by atoms with Gasteiger partial charge in [-0.2, -0.15) is 0 Å². The number of amides is 2. The van der Waals surface area contributed by atoms with E-state index in [9.17, 15) is 23.6 Å². The number of aromatic nitrogens is 1. The number of rotatable bonds is 8. The van der Waals surface area contributed by atoms with Crippen LogP contribution < -0.4 is 4.90 Å². The standard InChI is InChI=1S/C34H22ClFN2O5/c35-18-17-30(31(39)21-9-13-22(36)14-10-21)43-34(42)27-19-29(37-28-8-4-3-5-24(27)28)20-11-15-23(16-12-20)38-32(40)25-6-1-2-7-26(25)33(38)41/h1-16,19,30H,17-18H2. The van der Waals surface area contributed by atoms with Gasteiger partial charge in [-0.15, -0.1) is 11.6 Å². The normalized spacial score (nSPS) is 13.2. The van der Waals surface area contributed by atoms with E-state index in [4.69, 9.17) is 21.3 Å². The number of nitrogens with zero attached hydrogens (tertiary/aromatic N) is 2. The van der Waals surface area contributed by atoms with E-state index in [1.807, 2.05) is 0 Å². The van der Waals surface area contributed by atoms with Crippen molar-refractivity contribution in [1.29, 1.82) is 0 Å². The summed E-state index contributed by atoms with van der Waals surface area (Å²) in [5.41, 5.74) is 3.08. The van der Waals surface area contributed by atoms with Gasteiger partial charge in [0, 0.05) is 28.8 Å². The van der Waals surface area contributed by atoms with Gasteiger partial charge in [-0.25, -0.2) is 19.1 Å². The molecule has 0 saturated carbocycles. The fourth-order valence-corrected chi connectivity index (χ4v) is 5.23. The SMILES string of the molecule is O=C(OC(CCCl)C(=O)c1ccc(F)cc1)c1cc(-c2ccc(N3C(=O)c4ccccc4C3=O)cc2)nc2ccccc12. The maximum Gasteiger partial charge on any atom is 0.339 e. The van der Waals surface area contributed by atoms with Gasteiger partial charge < -0.3 is 4.74 Å². The molecule has 212 valence electrons. The fourth-order valence-electron chi connectivity index (χ4n) is 5.03. The van der Waals surface area contributed by atoms with E-state index < -0.39 is 35.5 Å². The number of pyridine rings is 1. The average molecular weight is 593 g/mol. The Morgan fingerprint density at radius 1 is 0.837 bits per heavy atom. The Morgan fingerprint density at radius 3 is 2.12 bits per heavy atom. The van der Waals surface area contributed by atoms with Gasteiger partial charge in [0.05, 0.1) is 33.6 Å². The van der Waals surface area contributed by atoms with E-state index >= 15 is 0 Å². The number of anilines is 1. The molecule has 43 heavy (non-hydrogen) atoms. The van der Waals surface area contributed by atoms with Crippen molar-refractivity contribution < 1.29 is 28.3 Å². The summed E-state index contributed by atoms with van der Waals surface area (Å²) in [4.78, 5) is 58.3. The molecule has 6 rings (SSSR count). The zero-order valence-electron chi connectivity index (χ0n) is 22.5. The van der Waals surface area contributed by atoms with Crippen LogP contribution in [0.15, 0.2) is 103 Å². The highest BCUT2D eigenvalue weighted by Crippen LogP contribution is 2.31. The highest BCUT2D eigenvalue weighted by atomic mass is 35.5. The summed E-state index contributed by atoms with van der Waals surface area (Å²) >= 11 is 5.93. The number of halogens is 2. The zero-order valence-corrected chi connectivity index (χ0v) is 23.3. The van der Waals surface area contributed by atoms with Crippen molar-refractivity contribution in [2.75, 3.05) is 10.8 Å². The van der Waals surface area contributed by atoms with Crippen molar-refractivity contribution in [1.82, 2.24) is 4.98 Å². The van der Waals surface area contributed by atoms with Crippen LogP contribution in [0.2, 0.25) is 0 Å². The summed E-state index contributed by atoms with van der Waals surface area (Å²) in [7, 11) is 0. The lowest BCUT2D eigenvalue weighted by atomic mass is 10.0. The molecule has 0 N–H and O–H groups in total. The van der Waals surface area contributed by atoms with E-state index in [0.717, 1.165) is 17.0 Å². The van der Waals surface area contributed by atoms with Crippen LogP contribution in [0.5, 0.6) is 0 Å². The Balaban J connectivity index is 1.31. The third kappa shape index (κ3) is 5.29. The Kier molecular flexibility index (Phi) is 7.52. The Morgan fingerprint density at radius 2 is 1.47 bits per heavy atom. The van der Waals surface area contributed by atoms with Gasteiger partial charge in [-0.1, -0.05) is 42.5 Å². The summed E-state index contributed by atoms with van der Waals surface area (Å²) in [6.07, 6.45) is -1.11. The van der Waals surface area contributed by atoms with Crippen molar-refractivity contribution in [3.8, 4) is 11.3 Å². The topological polar surface area (TPSA) is 93.6 Å². The number of fused-ring (bicyclic) bond motifs is 2. The second kappa shape index (κ2) is 11.6. The Bertz CT molecular complexity index is 1870. The van der Waals surface area contributed by atoms with Crippen molar-refractivity contribution in [3.63, 3.8) is 0 Å². The molecule has 2 heterocycles. The first-order valence-electron chi connectivity index (χ1n) is 13.4. The van der Waals surface area contributed by atoms with Crippen LogP contribution in [0.3, 0.4) is 0 Å². The summed E-state index contributed by atoms with van der Waals surface area (Å²) in [5, 5.41) is 0.526. The molecular formula is C34H22ClFN2O5. The average Bonchev–Trinajstić information content (AvgIpc) is 3.29. The third-order valence-corrected chi connectivity index (χ3v) is 7.41. The van der Waals surface area contributed by atoms with E-state index in [0.29, 0.717) is 39.0 Å². The zero-order chi connectivity index (χ0) is 30.1. The molecule has 0 spiro atoms. The number of ether oxygens (including phenoxy) is 1.